The van der Waals surface area contributed by atoms with Crippen molar-refractivity contribution < 1.29 is 23.7 Å². The Morgan fingerprint density at radius 1 is 1.32 bits per heavy atom. The first-order valence-corrected chi connectivity index (χ1v) is 6.01. The number of fused-ring (bicyclic) bond motifs is 1. The molecule has 0 fully saturated rings. The van der Waals surface area contributed by atoms with Crippen LogP contribution in [0.1, 0.15) is 24.2 Å². The maximum absolute atomic E-state index is 11.8. The quantitative estimate of drug-likeness (QED) is 0.662. The fourth-order valence-corrected chi connectivity index (χ4v) is 1.85. The number of rotatable bonds is 3. The van der Waals surface area contributed by atoms with Crippen LogP contribution in [-0.2, 0) is 4.74 Å². The molecule has 1 aromatic carbocycles. The summed E-state index contributed by atoms with van der Waals surface area (Å²) in [5.41, 5.74) is 6.30. The second-order valence-electron chi connectivity index (χ2n) is 4.35. The van der Waals surface area contributed by atoms with Crippen molar-refractivity contribution in [3.8, 4) is 17.2 Å². The van der Waals surface area contributed by atoms with Crippen molar-refractivity contribution in [2.24, 2.45) is 0 Å². The molecule has 0 aliphatic carbocycles. The Morgan fingerprint density at radius 3 is 2.53 bits per heavy atom. The zero-order valence-electron chi connectivity index (χ0n) is 11.2. The topological polar surface area (TPSA) is 80.0 Å². The number of anilines is 1. The highest BCUT2D eigenvalue weighted by atomic mass is 16.6. The second kappa shape index (κ2) is 5.26. The molecule has 1 heterocycles. The molecule has 0 spiro atoms. The molecule has 2 N–H and O–H groups in total. The number of nitrogens with two attached hydrogens (primary N) is 1. The lowest BCUT2D eigenvalue weighted by molar-refractivity contribution is 0.0591. The van der Waals surface area contributed by atoms with Crippen LogP contribution in [0, 0.1) is 0 Å². The number of benzene rings is 1. The Labute approximate surface area is 111 Å². The molecular weight excluding hydrogens is 250 g/mol. The average Bonchev–Trinajstić information content (AvgIpc) is 2.37. The van der Waals surface area contributed by atoms with Crippen molar-refractivity contribution in [3.05, 3.63) is 11.6 Å². The standard InChI is InChI=1S/C13H17NO5/c1-7(2)19-9-6-8(14)10(13(15)16-3)12-11(9)17-4-5-18-12/h6-7H,4-5,14H2,1-3H3. The van der Waals surface area contributed by atoms with E-state index in [0.29, 0.717) is 24.7 Å². The third-order valence-corrected chi connectivity index (χ3v) is 2.56. The van der Waals surface area contributed by atoms with Gasteiger partial charge in [-0.2, -0.15) is 0 Å². The molecule has 1 aromatic rings. The first-order valence-electron chi connectivity index (χ1n) is 6.01. The van der Waals surface area contributed by atoms with Crippen molar-refractivity contribution in [3.63, 3.8) is 0 Å². The largest absolute Gasteiger partial charge is 0.487 e. The summed E-state index contributed by atoms with van der Waals surface area (Å²) in [4.78, 5) is 11.8. The van der Waals surface area contributed by atoms with Crippen LogP contribution < -0.4 is 19.9 Å². The maximum atomic E-state index is 11.8. The zero-order chi connectivity index (χ0) is 14.0. The van der Waals surface area contributed by atoms with Crippen LogP contribution in [0.15, 0.2) is 6.07 Å². The van der Waals surface area contributed by atoms with E-state index >= 15 is 0 Å². The highest BCUT2D eigenvalue weighted by Gasteiger charge is 2.28. The second-order valence-corrected chi connectivity index (χ2v) is 4.35. The minimum absolute atomic E-state index is 0.0435. The van der Waals surface area contributed by atoms with Gasteiger partial charge in [0.05, 0.1) is 18.9 Å². The summed E-state index contributed by atoms with van der Waals surface area (Å²) >= 11 is 0. The molecule has 0 atom stereocenters. The lowest BCUT2D eigenvalue weighted by atomic mass is 10.1. The molecule has 0 amide bonds. The molecule has 0 saturated heterocycles. The number of carbonyl (C=O) groups is 1. The van der Waals surface area contributed by atoms with Gasteiger partial charge in [-0.05, 0) is 13.8 Å². The van der Waals surface area contributed by atoms with Gasteiger partial charge in [-0.3, -0.25) is 0 Å². The van der Waals surface area contributed by atoms with Crippen molar-refractivity contribution in [1.82, 2.24) is 0 Å². The molecule has 1 aliphatic rings. The number of esters is 1. The van der Waals surface area contributed by atoms with Gasteiger partial charge in [0.25, 0.3) is 0 Å². The van der Waals surface area contributed by atoms with Gasteiger partial charge in [0, 0.05) is 6.07 Å². The van der Waals surface area contributed by atoms with Crippen LogP contribution in [0.5, 0.6) is 17.2 Å². The minimum atomic E-state index is -0.560. The van der Waals surface area contributed by atoms with Gasteiger partial charge in [-0.15, -0.1) is 0 Å². The lowest BCUT2D eigenvalue weighted by Gasteiger charge is -2.24. The molecule has 2 rings (SSSR count). The Morgan fingerprint density at radius 2 is 1.95 bits per heavy atom. The fraction of sp³-hybridized carbons (Fsp3) is 0.462. The van der Waals surface area contributed by atoms with Gasteiger partial charge >= 0.3 is 5.97 Å². The summed E-state index contributed by atoms with van der Waals surface area (Å²) in [6.07, 6.45) is -0.0435. The van der Waals surface area contributed by atoms with Crippen molar-refractivity contribution in [2.75, 3.05) is 26.1 Å². The van der Waals surface area contributed by atoms with Crippen LogP contribution in [-0.4, -0.2) is 32.4 Å². The monoisotopic (exact) mass is 267 g/mol. The van der Waals surface area contributed by atoms with E-state index in [0.717, 1.165) is 0 Å². The van der Waals surface area contributed by atoms with Gasteiger partial charge < -0.3 is 24.7 Å². The number of nitrogen functional groups attached to an aromatic ring is 1. The maximum Gasteiger partial charge on any atom is 0.343 e. The number of hydrogen-bond acceptors (Lipinski definition) is 6. The van der Waals surface area contributed by atoms with Gasteiger partial charge in [0.2, 0.25) is 5.75 Å². The molecule has 6 nitrogen and oxygen atoms in total. The van der Waals surface area contributed by atoms with E-state index in [-0.39, 0.29) is 23.1 Å². The third-order valence-electron chi connectivity index (χ3n) is 2.56. The number of hydrogen-bond donors (Lipinski definition) is 1. The Hall–Kier alpha value is -2.11. The zero-order valence-corrected chi connectivity index (χ0v) is 11.2. The van der Waals surface area contributed by atoms with Crippen molar-refractivity contribution >= 4 is 11.7 Å². The summed E-state index contributed by atoms with van der Waals surface area (Å²) < 4.78 is 21.4. The summed E-state index contributed by atoms with van der Waals surface area (Å²) in [5, 5.41) is 0. The first-order chi connectivity index (χ1) is 9.04. The van der Waals surface area contributed by atoms with Gasteiger partial charge in [-0.1, -0.05) is 0 Å². The molecule has 104 valence electrons. The molecule has 6 heteroatoms. The number of ether oxygens (including phenoxy) is 4. The summed E-state index contributed by atoms with van der Waals surface area (Å²) in [6.45, 7) is 4.52. The summed E-state index contributed by atoms with van der Waals surface area (Å²) in [6, 6.07) is 1.56. The Balaban J connectivity index is 2.56. The van der Waals surface area contributed by atoms with Gasteiger partial charge in [-0.25, -0.2) is 4.79 Å². The summed E-state index contributed by atoms with van der Waals surface area (Å²) in [7, 11) is 1.29. The van der Waals surface area contributed by atoms with Crippen LogP contribution in [0.3, 0.4) is 0 Å². The average molecular weight is 267 g/mol. The van der Waals surface area contributed by atoms with Crippen LogP contribution in [0.25, 0.3) is 0 Å². The van der Waals surface area contributed by atoms with Crippen LogP contribution in [0.4, 0.5) is 5.69 Å². The number of carbonyl (C=O) groups excluding carboxylic acids is 1. The van der Waals surface area contributed by atoms with Crippen molar-refractivity contribution in [2.45, 2.75) is 20.0 Å². The fourth-order valence-electron chi connectivity index (χ4n) is 1.85. The molecule has 0 unspecified atom stereocenters. The van der Waals surface area contributed by atoms with Gasteiger partial charge in [0.15, 0.2) is 11.5 Å². The van der Waals surface area contributed by atoms with E-state index in [1.807, 2.05) is 13.8 Å². The molecule has 0 aromatic heterocycles. The van der Waals surface area contributed by atoms with E-state index in [9.17, 15) is 4.79 Å². The molecular formula is C13H17NO5. The number of methoxy groups -OCH3 is 1. The van der Waals surface area contributed by atoms with E-state index in [1.165, 1.54) is 7.11 Å². The molecule has 0 radical (unpaired) electrons. The Bertz CT molecular complexity index is 498. The predicted molar refractivity (Wildman–Crippen MR) is 68.9 cm³/mol. The minimum Gasteiger partial charge on any atom is -0.487 e. The SMILES string of the molecule is COC(=O)c1c(N)cc(OC(C)C)c2c1OCCO2. The highest BCUT2D eigenvalue weighted by Crippen LogP contribution is 2.45. The van der Waals surface area contributed by atoms with Gasteiger partial charge in [0.1, 0.15) is 18.8 Å². The van der Waals surface area contributed by atoms with E-state index < -0.39 is 5.97 Å². The highest BCUT2D eigenvalue weighted by molar-refractivity contribution is 6.00. The third kappa shape index (κ3) is 2.52. The normalized spacial score (nSPS) is 13.3. The first kappa shape index (κ1) is 13.3. The lowest BCUT2D eigenvalue weighted by Crippen LogP contribution is -2.21. The van der Waals surface area contributed by atoms with E-state index in [1.54, 1.807) is 6.07 Å². The predicted octanol–water partition coefficient (Wildman–Crippen LogP) is 1.61. The van der Waals surface area contributed by atoms with E-state index in [2.05, 4.69) is 0 Å². The van der Waals surface area contributed by atoms with Crippen LogP contribution >= 0.6 is 0 Å². The van der Waals surface area contributed by atoms with E-state index in [4.69, 9.17) is 24.7 Å². The molecule has 0 bridgehead atoms. The van der Waals surface area contributed by atoms with Crippen LogP contribution in [0.2, 0.25) is 0 Å². The molecule has 19 heavy (non-hydrogen) atoms. The molecule has 0 saturated carbocycles. The Kier molecular flexibility index (Phi) is 3.69. The van der Waals surface area contributed by atoms with Crippen molar-refractivity contribution in [1.29, 1.82) is 0 Å². The smallest absolute Gasteiger partial charge is 0.343 e. The molecule has 1 aliphatic heterocycles. The summed E-state index contributed by atoms with van der Waals surface area (Å²) in [5.74, 6) is 0.591.